The third kappa shape index (κ3) is 2.70. The Morgan fingerprint density at radius 2 is 2.13 bits per heavy atom. The van der Waals surface area contributed by atoms with Crippen LogP contribution in [0.3, 0.4) is 0 Å². The van der Waals surface area contributed by atoms with Crippen molar-refractivity contribution in [2.75, 3.05) is 6.54 Å². The molecule has 1 atom stereocenters. The Hall–Kier alpha value is -2.35. The molecular formula is C15H17N5O2S. The molecule has 1 fully saturated rings. The summed E-state index contributed by atoms with van der Waals surface area (Å²) >= 11 is 1.38. The van der Waals surface area contributed by atoms with Crippen LogP contribution in [0.4, 0.5) is 0 Å². The summed E-state index contributed by atoms with van der Waals surface area (Å²) < 4.78 is 0. The van der Waals surface area contributed by atoms with Crippen molar-refractivity contribution < 1.29 is 9.59 Å². The summed E-state index contributed by atoms with van der Waals surface area (Å²) in [4.78, 5) is 38.8. The highest BCUT2D eigenvalue weighted by Gasteiger charge is 2.44. The summed E-state index contributed by atoms with van der Waals surface area (Å²) in [5, 5.41) is 1.73. The van der Waals surface area contributed by atoms with Gasteiger partial charge in [0.15, 0.2) is 5.82 Å². The number of nitrogens with zero attached hydrogens (tertiary/aromatic N) is 4. The molecule has 23 heavy (non-hydrogen) atoms. The van der Waals surface area contributed by atoms with Gasteiger partial charge in [-0.15, -0.1) is 11.3 Å². The summed E-state index contributed by atoms with van der Waals surface area (Å²) in [5.74, 6) is -0.292. The molecule has 2 aromatic rings. The molecule has 0 radical (unpaired) electrons. The highest BCUT2D eigenvalue weighted by atomic mass is 32.1. The lowest BCUT2D eigenvalue weighted by Crippen LogP contribution is -2.44. The van der Waals surface area contributed by atoms with Gasteiger partial charge in [-0.2, -0.15) is 0 Å². The first-order valence-electron chi connectivity index (χ1n) is 7.28. The summed E-state index contributed by atoms with van der Waals surface area (Å²) in [6.07, 6.45) is 1.57. The second kappa shape index (κ2) is 5.69. The van der Waals surface area contributed by atoms with Crippen molar-refractivity contribution in [3.63, 3.8) is 0 Å². The van der Waals surface area contributed by atoms with E-state index in [1.807, 2.05) is 6.92 Å². The maximum Gasteiger partial charge on any atom is 0.274 e. The number of carbonyl (C=O) groups is 2. The van der Waals surface area contributed by atoms with Gasteiger partial charge in [0.25, 0.3) is 11.8 Å². The van der Waals surface area contributed by atoms with E-state index in [0.29, 0.717) is 23.8 Å². The molecule has 0 aliphatic carbocycles. The molecule has 3 heterocycles. The molecule has 1 aliphatic heterocycles. The first kappa shape index (κ1) is 15.5. The van der Waals surface area contributed by atoms with Crippen LogP contribution < -0.4 is 5.73 Å². The van der Waals surface area contributed by atoms with Crippen molar-refractivity contribution >= 4 is 23.2 Å². The molecule has 2 N–H and O–H groups in total. The number of likely N-dealkylation sites (tertiary alicyclic amines) is 1. The number of aromatic nitrogens is 3. The molecule has 1 saturated heterocycles. The van der Waals surface area contributed by atoms with Gasteiger partial charge in [-0.05, 0) is 32.8 Å². The molecule has 0 saturated carbocycles. The van der Waals surface area contributed by atoms with Crippen molar-refractivity contribution in [3.8, 4) is 0 Å². The van der Waals surface area contributed by atoms with Crippen LogP contribution in [0.15, 0.2) is 17.0 Å². The number of hydrogen-bond donors (Lipinski definition) is 1. The zero-order chi connectivity index (χ0) is 16.6. The lowest BCUT2D eigenvalue weighted by Gasteiger charge is -2.33. The van der Waals surface area contributed by atoms with Crippen LogP contribution in [-0.2, 0) is 5.54 Å². The van der Waals surface area contributed by atoms with Gasteiger partial charge in [0.1, 0.15) is 16.9 Å². The summed E-state index contributed by atoms with van der Waals surface area (Å²) in [7, 11) is 0. The predicted molar refractivity (Wildman–Crippen MR) is 85.0 cm³/mol. The molecule has 1 aliphatic rings. The van der Waals surface area contributed by atoms with E-state index >= 15 is 0 Å². The van der Waals surface area contributed by atoms with Gasteiger partial charge in [-0.3, -0.25) is 9.59 Å². The van der Waals surface area contributed by atoms with Crippen LogP contribution in [0, 0.1) is 6.92 Å². The number of aryl methyl sites for hydroxylation is 1. The van der Waals surface area contributed by atoms with E-state index in [4.69, 9.17) is 5.73 Å². The number of hydrogen-bond acceptors (Lipinski definition) is 6. The quantitative estimate of drug-likeness (QED) is 0.918. The zero-order valence-corrected chi connectivity index (χ0v) is 13.8. The fourth-order valence-electron chi connectivity index (χ4n) is 2.91. The first-order chi connectivity index (χ1) is 10.9. The molecule has 0 unspecified atom stereocenters. The smallest absolute Gasteiger partial charge is 0.274 e. The van der Waals surface area contributed by atoms with E-state index < -0.39 is 11.4 Å². The maximum absolute atomic E-state index is 12.7. The number of thiazole rings is 1. The Morgan fingerprint density at radius 1 is 1.35 bits per heavy atom. The van der Waals surface area contributed by atoms with E-state index in [-0.39, 0.29) is 11.6 Å². The highest BCUT2D eigenvalue weighted by molar-refractivity contribution is 7.07. The van der Waals surface area contributed by atoms with Gasteiger partial charge >= 0.3 is 0 Å². The second-order valence-electron chi connectivity index (χ2n) is 5.79. The molecule has 0 aromatic carbocycles. The minimum atomic E-state index is -0.670. The topological polar surface area (TPSA) is 102 Å². The SMILES string of the molecule is Cc1cc(C(N)=O)nc([C@@]2(C)CCCN2C(=O)c2cscn2)n1. The molecule has 120 valence electrons. The molecule has 3 rings (SSSR count). The van der Waals surface area contributed by atoms with Crippen LogP contribution in [0.2, 0.25) is 0 Å². The Labute approximate surface area is 137 Å². The summed E-state index contributed by atoms with van der Waals surface area (Å²) in [6, 6.07) is 1.55. The Balaban J connectivity index is 2.03. The van der Waals surface area contributed by atoms with E-state index in [2.05, 4.69) is 15.0 Å². The summed E-state index contributed by atoms with van der Waals surface area (Å²) in [6.45, 7) is 4.31. The van der Waals surface area contributed by atoms with Gasteiger partial charge in [-0.1, -0.05) is 0 Å². The van der Waals surface area contributed by atoms with Crippen LogP contribution in [0.5, 0.6) is 0 Å². The molecule has 7 nitrogen and oxygen atoms in total. The average molecular weight is 331 g/mol. The lowest BCUT2D eigenvalue weighted by atomic mass is 9.97. The lowest BCUT2D eigenvalue weighted by molar-refractivity contribution is 0.0598. The molecule has 0 spiro atoms. The standard InChI is InChI=1S/C15H17N5O2S/c1-9-6-10(12(16)21)19-14(18-9)15(2)4-3-5-20(15)13(22)11-7-23-8-17-11/h6-8H,3-5H2,1-2H3,(H2,16,21)/t15-/m1/s1. The highest BCUT2D eigenvalue weighted by Crippen LogP contribution is 2.37. The van der Waals surface area contributed by atoms with Crippen LogP contribution in [-0.4, -0.2) is 38.2 Å². The van der Waals surface area contributed by atoms with E-state index in [1.165, 1.54) is 11.3 Å². The van der Waals surface area contributed by atoms with Crippen molar-refractivity contribution in [2.24, 2.45) is 5.73 Å². The third-order valence-corrected chi connectivity index (χ3v) is 4.71. The fourth-order valence-corrected chi connectivity index (χ4v) is 3.44. The van der Waals surface area contributed by atoms with Gasteiger partial charge < -0.3 is 10.6 Å². The van der Waals surface area contributed by atoms with Crippen molar-refractivity contribution in [3.05, 3.63) is 39.9 Å². The second-order valence-corrected chi connectivity index (χ2v) is 6.51. The van der Waals surface area contributed by atoms with Gasteiger partial charge in [-0.25, -0.2) is 15.0 Å². The fraction of sp³-hybridized carbons (Fsp3) is 0.400. The molecule has 8 heteroatoms. The minimum Gasteiger partial charge on any atom is -0.364 e. The number of primary amides is 1. The van der Waals surface area contributed by atoms with Crippen molar-refractivity contribution in [1.82, 2.24) is 19.9 Å². The molecule has 0 bridgehead atoms. The Kier molecular flexibility index (Phi) is 3.85. The van der Waals surface area contributed by atoms with Crippen molar-refractivity contribution in [2.45, 2.75) is 32.2 Å². The van der Waals surface area contributed by atoms with E-state index in [0.717, 1.165) is 12.8 Å². The van der Waals surface area contributed by atoms with Crippen LogP contribution >= 0.6 is 11.3 Å². The average Bonchev–Trinajstić information content (AvgIpc) is 3.16. The predicted octanol–water partition coefficient (Wildman–Crippen LogP) is 1.49. The van der Waals surface area contributed by atoms with Crippen LogP contribution in [0.1, 0.15) is 52.3 Å². The maximum atomic E-state index is 12.7. The van der Waals surface area contributed by atoms with Gasteiger partial charge in [0, 0.05) is 17.6 Å². The Bertz CT molecular complexity index is 761. The Morgan fingerprint density at radius 3 is 2.78 bits per heavy atom. The molecular weight excluding hydrogens is 314 g/mol. The number of amides is 2. The monoisotopic (exact) mass is 331 g/mol. The van der Waals surface area contributed by atoms with Crippen molar-refractivity contribution in [1.29, 1.82) is 0 Å². The first-order valence-corrected chi connectivity index (χ1v) is 8.22. The minimum absolute atomic E-state index is 0.142. The largest absolute Gasteiger partial charge is 0.364 e. The third-order valence-electron chi connectivity index (χ3n) is 4.13. The molecule has 2 amide bonds. The number of carbonyl (C=O) groups excluding carboxylic acids is 2. The van der Waals surface area contributed by atoms with Crippen LogP contribution in [0.25, 0.3) is 0 Å². The van der Waals surface area contributed by atoms with E-state index in [9.17, 15) is 9.59 Å². The van der Waals surface area contributed by atoms with Gasteiger partial charge in [0.2, 0.25) is 0 Å². The van der Waals surface area contributed by atoms with Gasteiger partial charge in [0.05, 0.1) is 5.51 Å². The zero-order valence-electron chi connectivity index (χ0n) is 12.9. The number of rotatable bonds is 3. The molecule has 2 aromatic heterocycles. The normalized spacial score (nSPS) is 20.7. The van der Waals surface area contributed by atoms with E-state index in [1.54, 1.807) is 28.8 Å². The summed E-state index contributed by atoms with van der Waals surface area (Å²) in [5.41, 5.74) is 7.55. The number of nitrogens with two attached hydrogens (primary N) is 1.